The van der Waals surface area contributed by atoms with Gasteiger partial charge in [0.25, 0.3) is 0 Å². The van der Waals surface area contributed by atoms with Crippen molar-refractivity contribution in [3.05, 3.63) is 40.8 Å². The zero-order chi connectivity index (χ0) is 25.9. The van der Waals surface area contributed by atoms with Crippen molar-refractivity contribution in [2.75, 3.05) is 11.9 Å². The molecule has 15 heteroatoms. The van der Waals surface area contributed by atoms with Gasteiger partial charge in [0.1, 0.15) is 22.4 Å². The van der Waals surface area contributed by atoms with Crippen molar-refractivity contribution in [2.24, 2.45) is 5.73 Å². The lowest BCUT2D eigenvalue weighted by molar-refractivity contribution is 0.106. The summed E-state index contributed by atoms with van der Waals surface area (Å²) in [6.45, 7) is 7.03. The molecule has 0 bridgehead atoms. The van der Waals surface area contributed by atoms with Gasteiger partial charge in [-0.15, -0.1) is 22.6 Å². The Hall–Kier alpha value is -1.89. The number of benzene rings is 1. The third-order valence-electron chi connectivity index (χ3n) is 4.65. The van der Waals surface area contributed by atoms with E-state index in [0.29, 0.717) is 15.6 Å². The fourth-order valence-electron chi connectivity index (χ4n) is 3.03. The number of nitrogens with zero attached hydrogens (tertiary/aromatic N) is 3. The molecule has 5 N–H and O–H groups in total. The molecule has 0 fully saturated rings. The van der Waals surface area contributed by atoms with Crippen LogP contribution >= 0.6 is 43.2 Å². The zero-order valence-electron chi connectivity index (χ0n) is 19.8. The lowest BCUT2D eigenvalue weighted by atomic mass is 10.2. The largest absolute Gasteiger partial charge is 0.489 e. The third kappa shape index (κ3) is 8.32. The third-order valence-corrected chi connectivity index (χ3v) is 6.58. The molecule has 0 saturated heterocycles. The summed E-state index contributed by atoms with van der Waals surface area (Å²) in [5.74, 6) is -0.160. The molecular formula is C21H27Cl2FN5O5PS. The highest BCUT2D eigenvalue weighted by Gasteiger charge is 2.25. The maximum absolute atomic E-state index is 14.8. The first-order valence-electron chi connectivity index (χ1n) is 10.5. The van der Waals surface area contributed by atoms with Gasteiger partial charge in [0.05, 0.1) is 17.2 Å². The second-order valence-electron chi connectivity index (χ2n) is 8.13. The number of pyridine rings is 1. The molecule has 0 spiro atoms. The molecular weight excluding hydrogens is 555 g/mol. The number of aryl methyl sites for hydroxylation is 1. The molecule has 2 unspecified atom stereocenters. The molecule has 2 aromatic heterocycles. The first kappa shape index (κ1) is 30.3. The average Bonchev–Trinajstić information content (AvgIpc) is 3.21. The predicted octanol–water partition coefficient (Wildman–Crippen LogP) is 4.81. The van der Waals surface area contributed by atoms with Crippen LogP contribution in [0.25, 0.3) is 21.1 Å². The van der Waals surface area contributed by atoms with Crippen molar-refractivity contribution in [2.45, 2.75) is 45.9 Å². The number of phosphoric acid groups is 1. The maximum Gasteiger partial charge on any atom is 0.469 e. The summed E-state index contributed by atoms with van der Waals surface area (Å²) in [4.78, 5) is 22.2. The number of anilines is 1. The summed E-state index contributed by atoms with van der Waals surface area (Å²) in [5.41, 5.74) is 7.79. The normalized spacial score (nSPS) is 13.3. The van der Waals surface area contributed by atoms with Gasteiger partial charge in [0.15, 0.2) is 11.6 Å². The monoisotopic (exact) mass is 581 g/mol. The minimum atomic E-state index is -4.71. The van der Waals surface area contributed by atoms with Crippen LogP contribution in [0.1, 0.15) is 26.5 Å². The zero-order valence-corrected chi connectivity index (χ0v) is 23.1. The molecule has 2 heterocycles. The van der Waals surface area contributed by atoms with E-state index in [1.165, 1.54) is 30.4 Å². The van der Waals surface area contributed by atoms with Crippen molar-refractivity contribution in [3.63, 3.8) is 0 Å². The highest BCUT2D eigenvalue weighted by atomic mass is 35.5. The van der Waals surface area contributed by atoms with Gasteiger partial charge in [-0.05, 0) is 45.9 Å². The Bertz CT molecular complexity index is 1250. The predicted molar refractivity (Wildman–Crippen MR) is 140 cm³/mol. The van der Waals surface area contributed by atoms with Crippen LogP contribution in [0.2, 0.25) is 5.02 Å². The van der Waals surface area contributed by atoms with Gasteiger partial charge in [0, 0.05) is 28.9 Å². The fourth-order valence-corrected chi connectivity index (χ4v) is 4.78. The lowest BCUT2D eigenvalue weighted by Gasteiger charge is -2.21. The van der Waals surface area contributed by atoms with E-state index in [4.69, 9.17) is 31.9 Å². The number of aromatic nitrogens is 3. The van der Waals surface area contributed by atoms with E-state index in [1.54, 1.807) is 0 Å². The minimum Gasteiger partial charge on any atom is -0.489 e. The van der Waals surface area contributed by atoms with Crippen molar-refractivity contribution < 1.29 is 28.0 Å². The molecule has 1 aromatic carbocycles. The van der Waals surface area contributed by atoms with Crippen molar-refractivity contribution in [1.82, 2.24) is 15.2 Å². The molecule has 0 aliphatic heterocycles. The topological polar surface area (TPSA) is 153 Å². The van der Waals surface area contributed by atoms with Gasteiger partial charge >= 0.3 is 7.82 Å². The molecule has 3 aromatic rings. The van der Waals surface area contributed by atoms with E-state index >= 15 is 0 Å². The lowest BCUT2D eigenvalue weighted by Crippen LogP contribution is -2.39. The van der Waals surface area contributed by atoms with Crippen LogP contribution in [0.3, 0.4) is 0 Å². The highest BCUT2D eigenvalue weighted by Crippen LogP contribution is 2.39. The summed E-state index contributed by atoms with van der Waals surface area (Å²) < 4.78 is 35.6. The standard InChI is InChI=1S/C21H26ClFN5O5PS.ClH/c1-10(2)25-19-6-13(5-11(3)26-19)20-27-28-21(35-20)14-7-16(23)18(8-15(14)22)32-9-17(24)12(4)33-34(29,30)31;/h5-8,10,12,17H,9,24H2,1-4H3,(H,25,26)(H2,29,30,31);1H. The van der Waals surface area contributed by atoms with E-state index in [1.807, 2.05) is 32.9 Å². The number of hydrogen-bond acceptors (Lipinski definition) is 9. The van der Waals surface area contributed by atoms with Crippen LogP contribution in [0.4, 0.5) is 10.2 Å². The Morgan fingerprint density at radius 3 is 2.50 bits per heavy atom. The Labute approximate surface area is 223 Å². The van der Waals surface area contributed by atoms with E-state index in [2.05, 4.69) is 25.0 Å². The first-order chi connectivity index (χ1) is 16.3. The van der Waals surface area contributed by atoms with Crippen LogP contribution < -0.4 is 15.8 Å². The maximum atomic E-state index is 14.8. The molecule has 2 atom stereocenters. The first-order valence-corrected chi connectivity index (χ1v) is 13.3. The van der Waals surface area contributed by atoms with Crippen molar-refractivity contribution >= 4 is 49.0 Å². The van der Waals surface area contributed by atoms with Gasteiger partial charge in [-0.3, -0.25) is 4.52 Å². The highest BCUT2D eigenvalue weighted by molar-refractivity contribution is 7.46. The number of rotatable bonds is 10. The van der Waals surface area contributed by atoms with Crippen LogP contribution in [-0.4, -0.2) is 49.8 Å². The van der Waals surface area contributed by atoms with E-state index in [9.17, 15) is 8.96 Å². The summed E-state index contributed by atoms with van der Waals surface area (Å²) >= 11 is 7.63. The smallest absolute Gasteiger partial charge is 0.469 e. The quantitative estimate of drug-likeness (QED) is 0.245. The van der Waals surface area contributed by atoms with E-state index in [0.717, 1.165) is 17.1 Å². The van der Waals surface area contributed by atoms with E-state index in [-0.39, 0.29) is 35.8 Å². The molecule has 0 aliphatic rings. The molecule has 3 rings (SSSR count). The van der Waals surface area contributed by atoms with Crippen LogP contribution in [0, 0.1) is 12.7 Å². The number of phosphoric ester groups is 1. The SMILES string of the molecule is Cc1cc(-c2nnc(-c3cc(F)c(OCC(N)C(C)OP(=O)(O)O)cc3Cl)s2)cc(NC(C)C)n1.Cl. The van der Waals surface area contributed by atoms with Gasteiger partial charge < -0.3 is 25.6 Å². The Kier molecular flexibility index (Phi) is 10.6. The minimum absolute atomic E-state index is 0. The second kappa shape index (κ2) is 12.6. The van der Waals surface area contributed by atoms with Gasteiger partial charge in [0.2, 0.25) is 0 Å². The second-order valence-corrected chi connectivity index (χ2v) is 10.7. The Morgan fingerprint density at radius 1 is 1.19 bits per heavy atom. The van der Waals surface area contributed by atoms with Crippen molar-refractivity contribution in [1.29, 1.82) is 0 Å². The van der Waals surface area contributed by atoms with Crippen LogP contribution in [0.5, 0.6) is 5.75 Å². The summed E-state index contributed by atoms with van der Waals surface area (Å²) in [6.07, 6.45) is -1.03. The van der Waals surface area contributed by atoms with Crippen molar-refractivity contribution in [3.8, 4) is 26.9 Å². The molecule has 36 heavy (non-hydrogen) atoms. The Morgan fingerprint density at radius 2 is 1.86 bits per heavy atom. The fraction of sp³-hybridized carbons (Fsp3) is 0.381. The number of nitrogens with two attached hydrogens (primary N) is 1. The summed E-state index contributed by atoms with van der Waals surface area (Å²) in [7, 11) is -4.71. The molecule has 0 saturated carbocycles. The Balaban J connectivity index is 0.00000456. The van der Waals surface area contributed by atoms with Gasteiger partial charge in [-0.25, -0.2) is 13.9 Å². The summed E-state index contributed by atoms with van der Waals surface area (Å²) in [5, 5.41) is 12.9. The van der Waals surface area contributed by atoms with E-state index < -0.39 is 25.8 Å². The molecule has 10 nitrogen and oxygen atoms in total. The summed E-state index contributed by atoms with van der Waals surface area (Å²) in [6, 6.07) is 5.51. The average molecular weight is 582 g/mol. The number of nitrogens with one attached hydrogen (secondary N) is 1. The molecule has 0 amide bonds. The van der Waals surface area contributed by atoms with Gasteiger partial charge in [-0.2, -0.15) is 0 Å². The van der Waals surface area contributed by atoms with Crippen LogP contribution in [-0.2, 0) is 9.09 Å². The molecule has 0 radical (unpaired) electrons. The number of ether oxygens (including phenoxy) is 1. The van der Waals surface area contributed by atoms with Crippen LogP contribution in [0.15, 0.2) is 24.3 Å². The van der Waals surface area contributed by atoms with Gasteiger partial charge in [-0.1, -0.05) is 22.9 Å². The number of hydrogen-bond donors (Lipinski definition) is 4. The number of halogens is 3. The molecule has 0 aliphatic carbocycles. The molecule has 198 valence electrons.